The van der Waals surface area contributed by atoms with E-state index >= 15 is 0 Å². The summed E-state index contributed by atoms with van der Waals surface area (Å²) in [7, 11) is 0. The Bertz CT molecular complexity index is 801. The van der Waals surface area contributed by atoms with Gasteiger partial charge in [0, 0.05) is 17.1 Å². The number of halogens is 1. The lowest BCUT2D eigenvalue weighted by Crippen LogP contribution is -1.97. The van der Waals surface area contributed by atoms with E-state index in [2.05, 4.69) is 0 Å². The van der Waals surface area contributed by atoms with Crippen molar-refractivity contribution < 1.29 is 18.7 Å². The van der Waals surface area contributed by atoms with E-state index in [9.17, 15) is 9.18 Å². The molecule has 2 aromatic heterocycles. The lowest BCUT2D eigenvalue weighted by molar-refractivity contribution is 0.0695. The first-order valence-electron chi connectivity index (χ1n) is 6.11. The number of fused-ring (bicyclic) bond motifs is 1. The van der Waals surface area contributed by atoms with Gasteiger partial charge in [-0.15, -0.1) is 0 Å². The Morgan fingerprint density at radius 3 is 2.85 bits per heavy atom. The average molecular weight is 273 g/mol. The largest absolute Gasteiger partial charge is 0.478 e. The fraction of sp³-hybridized carbons (Fsp3) is 0.133. The van der Waals surface area contributed by atoms with Crippen molar-refractivity contribution in [1.82, 2.24) is 4.57 Å². The molecule has 3 rings (SSSR count). The van der Waals surface area contributed by atoms with Crippen LogP contribution in [0.5, 0.6) is 0 Å². The first kappa shape index (κ1) is 12.5. The molecule has 1 aromatic carbocycles. The maximum Gasteiger partial charge on any atom is 0.339 e. The van der Waals surface area contributed by atoms with Crippen molar-refractivity contribution in [2.45, 2.75) is 13.5 Å². The van der Waals surface area contributed by atoms with Crippen molar-refractivity contribution in [2.75, 3.05) is 0 Å². The second-order valence-electron chi connectivity index (χ2n) is 4.63. The van der Waals surface area contributed by atoms with Crippen LogP contribution in [0.15, 0.2) is 40.9 Å². The average Bonchev–Trinajstić information content (AvgIpc) is 2.94. The van der Waals surface area contributed by atoms with E-state index in [1.165, 1.54) is 18.2 Å². The number of benzene rings is 1. The van der Waals surface area contributed by atoms with Crippen LogP contribution in [0.2, 0.25) is 0 Å². The quantitative estimate of drug-likeness (QED) is 0.795. The van der Waals surface area contributed by atoms with Crippen LogP contribution in [-0.4, -0.2) is 15.6 Å². The van der Waals surface area contributed by atoms with Gasteiger partial charge in [-0.2, -0.15) is 0 Å². The minimum atomic E-state index is -1.00. The van der Waals surface area contributed by atoms with Gasteiger partial charge >= 0.3 is 5.97 Å². The number of carbonyl (C=O) groups is 1. The Hall–Kier alpha value is -2.56. The van der Waals surface area contributed by atoms with Gasteiger partial charge in [0.25, 0.3) is 0 Å². The summed E-state index contributed by atoms with van der Waals surface area (Å²) in [5, 5.41) is 9.80. The molecule has 0 aliphatic rings. The number of nitrogens with zero attached hydrogens (tertiary/aromatic N) is 1. The van der Waals surface area contributed by atoms with E-state index in [1.807, 2.05) is 16.8 Å². The van der Waals surface area contributed by atoms with Crippen molar-refractivity contribution in [2.24, 2.45) is 0 Å². The summed E-state index contributed by atoms with van der Waals surface area (Å²) in [5.74, 6) is -0.342. The van der Waals surface area contributed by atoms with Crippen LogP contribution < -0.4 is 0 Å². The number of aromatic carboxylic acids is 1. The molecule has 0 saturated carbocycles. The molecule has 102 valence electrons. The topological polar surface area (TPSA) is 55.4 Å². The van der Waals surface area contributed by atoms with Gasteiger partial charge in [0.2, 0.25) is 0 Å². The summed E-state index contributed by atoms with van der Waals surface area (Å²) in [5.41, 5.74) is 1.04. The van der Waals surface area contributed by atoms with Crippen LogP contribution >= 0.6 is 0 Å². The van der Waals surface area contributed by atoms with Gasteiger partial charge in [0.1, 0.15) is 22.9 Å². The minimum Gasteiger partial charge on any atom is -0.478 e. The highest BCUT2D eigenvalue weighted by atomic mass is 19.1. The third-order valence-corrected chi connectivity index (χ3v) is 3.26. The number of rotatable bonds is 3. The van der Waals surface area contributed by atoms with Crippen LogP contribution in [0.25, 0.3) is 10.9 Å². The molecule has 1 N–H and O–H groups in total. The van der Waals surface area contributed by atoms with Crippen LogP contribution in [0.3, 0.4) is 0 Å². The van der Waals surface area contributed by atoms with Crippen molar-refractivity contribution >= 4 is 16.9 Å². The van der Waals surface area contributed by atoms with Gasteiger partial charge in [-0.05, 0) is 37.3 Å². The molecule has 3 aromatic rings. The highest BCUT2D eigenvalue weighted by molar-refractivity contribution is 5.88. The monoisotopic (exact) mass is 273 g/mol. The summed E-state index contributed by atoms with van der Waals surface area (Å²) in [6.45, 7) is 2.03. The first-order chi connectivity index (χ1) is 9.54. The molecular formula is C15H12FNO3. The summed E-state index contributed by atoms with van der Waals surface area (Å²) >= 11 is 0. The highest BCUT2D eigenvalue weighted by Gasteiger charge is 2.14. The molecule has 0 atom stereocenters. The van der Waals surface area contributed by atoms with Gasteiger partial charge in [-0.25, -0.2) is 9.18 Å². The van der Waals surface area contributed by atoms with E-state index in [0.717, 1.165) is 10.9 Å². The lowest BCUT2D eigenvalue weighted by atomic mass is 10.2. The Labute approximate surface area is 114 Å². The van der Waals surface area contributed by atoms with Gasteiger partial charge < -0.3 is 14.1 Å². The summed E-state index contributed by atoms with van der Waals surface area (Å²) in [6.07, 6.45) is 1.82. The standard InChI is InChI=1S/C15H12FNO3/c1-9-13(15(18)19)7-12(20-9)8-17-5-4-10-6-11(16)2-3-14(10)17/h2-7H,8H2,1H3,(H,18,19). The fourth-order valence-corrected chi connectivity index (χ4v) is 2.31. The fourth-order valence-electron chi connectivity index (χ4n) is 2.31. The van der Waals surface area contributed by atoms with Crippen molar-refractivity contribution in [3.63, 3.8) is 0 Å². The minimum absolute atomic E-state index is 0.169. The maximum absolute atomic E-state index is 13.1. The van der Waals surface area contributed by atoms with E-state index in [0.29, 0.717) is 18.1 Å². The zero-order chi connectivity index (χ0) is 14.3. The lowest BCUT2D eigenvalue weighted by Gasteiger charge is -2.02. The van der Waals surface area contributed by atoms with Gasteiger partial charge in [-0.3, -0.25) is 0 Å². The predicted octanol–water partition coefficient (Wildman–Crippen LogP) is 3.43. The van der Waals surface area contributed by atoms with E-state index in [-0.39, 0.29) is 11.4 Å². The number of aryl methyl sites for hydroxylation is 1. The third-order valence-electron chi connectivity index (χ3n) is 3.26. The molecule has 2 heterocycles. The van der Waals surface area contributed by atoms with E-state index in [1.54, 1.807) is 13.0 Å². The normalized spacial score (nSPS) is 11.1. The van der Waals surface area contributed by atoms with Gasteiger partial charge in [-0.1, -0.05) is 0 Å². The molecule has 4 nitrogen and oxygen atoms in total. The maximum atomic E-state index is 13.1. The molecule has 0 amide bonds. The van der Waals surface area contributed by atoms with Crippen molar-refractivity contribution in [3.8, 4) is 0 Å². The molecule has 0 fully saturated rings. The molecule has 5 heteroatoms. The molecule has 0 bridgehead atoms. The Morgan fingerprint density at radius 2 is 2.15 bits per heavy atom. The first-order valence-corrected chi connectivity index (χ1v) is 6.11. The second kappa shape index (κ2) is 4.52. The summed E-state index contributed by atoms with van der Waals surface area (Å²) in [4.78, 5) is 11.0. The zero-order valence-corrected chi connectivity index (χ0v) is 10.8. The number of carboxylic acids is 1. The Morgan fingerprint density at radius 1 is 1.35 bits per heavy atom. The molecule has 0 radical (unpaired) electrons. The molecular weight excluding hydrogens is 261 g/mol. The van der Waals surface area contributed by atoms with Crippen LogP contribution in [0.4, 0.5) is 4.39 Å². The molecule has 0 aliphatic carbocycles. The molecule has 20 heavy (non-hydrogen) atoms. The Balaban J connectivity index is 1.97. The van der Waals surface area contributed by atoms with Crippen LogP contribution in [0, 0.1) is 12.7 Å². The van der Waals surface area contributed by atoms with E-state index in [4.69, 9.17) is 9.52 Å². The number of carboxylic acid groups (broad SMARTS) is 1. The molecule has 0 saturated heterocycles. The van der Waals surface area contributed by atoms with Crippen molar-refractivity contribution in [1.29, 1.82) is 0 Å². The molecule has 0 aliphatic heterocycles. The Kier molecular flexibility index (Phi) is 2.82. The van der Waals surface area contributed by atoms with Gasteiger partial charge in [0.05, 0.1) is 6.54 Å². The SMILES string of the molecule is Cc1oc(Cn2ccc3cc(F)ccc32)cc1C(=O)O. The van der Waals surface area contributed by atoms with Gasteiger partial charge in [0.15, 0.2) is 0 Å². The van der Waals surface area contributed by atoms with E-state index < -0.39 is 5.97 Å². The third kappa shape index (κ3) is 2.07. The summed E-state index contributed by atoms with van der Waals surface area (Å²) in [6, 6.07) is 7.88. The number of furan rings is 1. The second-order valence-corrected chi connectivity index (χ2v) is 4.63. The number of hydrogen-bond donors (Lipinski definition) is 1. The van der Waals surface area contributed by atoms with Crippen LogP contribution in [-0.2, 0) is 6.54 Å². The smallest absolute Gasteiger partial charge is 0.339 e. The number of hydrogen-bond acceptors (Lipinski definition) is 2. The molecule has 0 spiro atoms. The number of aromatic nitrogens is 1. The highest BCUT2D eigenvalue weighted by Crippen LogP contribution is 2.21. The molecule has 0 unspecified atom stereocenters. The predicted molar refractivity (Wildman–Crippen MR) is 71.4 cm³/mol. The summed E-state index contributed by atoms with van der Waals surface area (Å²) < 4.78 is 20.5. The van der Waals surface area contributed by atoms with Crippen LogP contribution in [0.1, 0.15) is 21.9 Å². The zero-order valence-electron chi connectivity index (χ0n) is 10.8. The van der Waals surface area contributed by atoms with Crippen molar-refractivity contribution in [3.05, 3.63) is 59.4 Å².